The molecule has 18 heavy (non-hydrogen) atoms. The Balaban J connectivity index is 1.93. The number of pyridine rings is 1. The SMILES string of the molecule is O=S(=O)(NCC(O)C1CCCC1)c1cccnc1. The Morgan fingerprint density at radius 2 is 2.17 bits per heavy atom. The molecule has 1 aliphatic rings. The number of aromatic nitrogens is 1. The summed E-state index contributed by atoms with van der Waals surface area (Å²) in [5.74, 6) is 0.224. The van der Waals surface area contributed by atoms with E-state index in [-0.39, 0.29) is 17.4 Å². The van der Waals surface area contributed by atoms with E-state index >= 15 is 0 Å². The van der Waals surface area contributed by atoms with Crippen LogP contribution >= 0.6 is 0 Å². The minimum absolute atomic E-state index is 0.0713. The van der Waals surface area contributed by atoms with Crippen LogP contribution in [0.15, 0.2) is 29.4 Å². The Hall–Kier alpha value is -0.980. The van der Waals surface area contributed by atoms with Crippen LogP contribution < -0.4 is 4.72 Å². The van der Waals surface area contributed by atoms with Crippen LogP contribution in [0.1, 0.15) is 25.7 Å². The van der Waals surface area contributed by atoms with E-state index in [1.165, 1.54) is 18.5 Å². The summed E-state index contributed by atoms with van der Waals surface area (Å²) < 4.78 is 26.2. The third-order valence-corrected chi connectivity index (χ3v) is 4.78. The Bertz CT molecular complexity index is 469. The molecule has 0 aliphatic heterocycles. The van der Waals surface area contributed by atoms with Gasteiger partial charge in [-0.05, 0) is 30.9 Å². The standard InChI is InChI=1S/C12H18N2O3S/c15-12(10-4-1-2-5-10)9-14-18(16,17)11-6-3-7-13-8-11/h3,6-8,10,12,14-15H,1-2,4-5,9H2. The average molecular weight is 270 g/mol. The first-order valence-electron chi connectivity index (χ1n) is 6.17. The fourth-order valence-electron chi connectivity index (χ4n) is 2.29. The lowest BCUT2D eigenvalue weighted by molar-refractivity contribution is 0.115. The fourth-order valence-corrected chi connectivity index (χ4v) is 3.31. The van der Waals surface area contributed by atoms with Crippen molar-refractivity contribution in [1.82, 2.24) is 9.71 Å². The van der Waals surface area contributed by atoms with E-state index in [0.29, 0.717) is 0 Å². The second kappa shape index (κ2) is 5.77. The van der Waals surface area contributed by atoms with Crippen LogP contribution in [0.3, 0.4) is 0 Å². The topological polar surface area (TPSA) is 79.3 Å². The van der Waals surface area contributed by atoms with Gasteiger partial charge in [-0.15, -0.1) is 0 Å². The molecule has 0 aromatic carbocycles. The quantitative estimate of drug-likeness (QED) is 0.833. The van der Waals surface area contributed by atoms with Crippen LogP contribution in [0.25, 0.3) is 0 Å². The maximum atomic E-state index is 11.9. The molecule has 1 aromatic heterocycles. The molecular formula is C12H18N2O3S. The summed E-state index contributed by atoms with van der Waals surface area (Å²) in [6, 6.07) is 3.05. The largest absolute Gasteiger partial charge is 0.391 e. The number of rotatable bonds is 5. The van der Waals surface area contributed by atoms with Gasteiger partial charge in [0.25, 0.3) is 0 Å². The summed E-state index contributed by atoms with van der Waals surface area (Å²) in [5, 5.41) is 9.92. The van der Waals surface area contributed by atoms with Crippen molar-refractivity contribution in [2.75, 3.05) is 6.54 Å². The van der Waals surface area contributed by atoms with Gasteiger partial charge < -0.3 is 5.11 Å². The summed E-state index contributed by atoms with van der Waals surface area (Å²) in [7, 11) is -3.56. The van der Waals surface area contributed by atoms with Gasteiger partial charge in [0.05, 0.1) is 6.10 Å². The Morgan fingerprint density at radius 1 is 1.44 bits per heavy atom. The molecule has 1 aromatic rings. The van der Waals surface area contributed by atoms with Crippen molar-refractivity contribution in [3.8, 4) is 0 Å². The number of sulfonamides is 1. The number of aliphatic hydroxyl groups is 1. The third kappa shape index (κ3) is 3.28. The number of hydrogen-bond acceptors (Lipinski definition) is 4. The lowest BCUT2D eigenvalue weighted by Gasteiger charge is -2.17. The van der Waals surface area contributed by atoms with E-state index in [2.05, 4.69) is 9.71 Å². The van der Waals surface area contributed by atoms with Gasteiger partial charge >= 0.3 is 0 Å². The molecule has 0 bridgehead atoms. The Labute approximate surface area is 107 Å². The first kappa shape index (κ1) is 13.5. The predicted molar refractivity (Wildman–Crippen MR) is 67.4 cm³/mol. The van der Waals surface area contributed by atoms with Crippen LogP contribution in [0, 0.1) is 5.92 Å². The second-order valence-electron chi connectivity index (χ2n) is 4.65. The monoisotopic (exact) mass is 270 g/mol. The van der Waals surface area contributed by atoms with Crippen molar-refractivity contribution in [3.05, 3.63) is 24.5 Å². The van der Waals surface area contributed by atoms with Crippen molar-refractivity contribution in [2.45, 2.75) is 36.7 Å². The summed E-state index contributed by atoms with van der Waals surface area (Å²) in [5.41, 5.74) is 0. The van der Waals surface area contributed by atoms with Gasteiger partial charge in [-0.25, -0.2) is 13.1 Å². The van der Waals surface area contributed by atoms with Gasteiger partial charge in [-0.3, -0.25) is 4.98 Å². The maximum absolute atomic E-state index is 11.9. The molecule has 5 nitrogen and oxygen atoms in total. The summed E-state index contributed by atoms with van der Waals surface area (Å²) in [6.45, 7) is 0.0713. The first-order chi connectivity index (χ1) is 8.59. The number of hydrogen-bond donors (Lipinski definition) is 2. The minimum atomic E-state index is -3.56. The van der Waals surface area contributed by atoms with Gasteiger partial charge in [-0.2, -0.15) is 0 Å². The van der Waals surface area contributed by atoms with E-state index < -0.39 is 16.1 Å². The predicted octanol–water partition coefficient (Wildman–Crippen LogP) is 0.911. The average Bonchev–Trinajstić information content (AvgIpc) is 2.91. The van der Waals surface area contributed by atoms with Crippen LogP contribution in [-0.4, -0.2) is 31.2 Å². The van der Waals surface area contributed by atoms with Gasteiger partial charge in [0, 0.05) is 18.9 Å². The zero-order valence-corrected chi connectivity index (χ0v) is 10.9. The second-order valence-corrected chi connectivity index (χ2v) is 6.42. The molecular weight excluding hydrogens is 252 g/mol. The Morgan fingerprint density at radius 3 is 2.78 bits per heavy atom. The van der Waals surface area contributed by atoms with E-state index in [0.717, 1.165) is 25.7 Å². The van der Waals surface area contributed by atoms with Crippen molar-refractivity contribution in [3.63, 3.8) is 0 Å². The third-order valence-electron chi connectivity index (χ3n) is 3.37. The van der Waals surface area contributed by atoms with E-state index in [1.807, 2.05) is 0 Å². The molecule has 100 valence electrons. The van der Waals surface area contributed by atoms with Crippen molar-refractivity contribution < 1.29 is 13.5 Å². The van der Waals surface area contributed by atoms with Crippen LogP contribution in [0.2, 0.25) is 0 Å². The first-order valence-corrected chi connectivity index (χ1v) is 7.65. The van der Waals surface area contributed by atoms with E-state index in [9.17, 15) is 13.5 Å². The van der Waals surface area contributed by atoms with Gasteiger partial charge in [0.1, 0.15) is 4.90 Å². The zero-order chi connectivity index (χ0) is 13.0. The molecule has 1 atom stereocenters. The smallest absolute Gasteiger partial charge is 0.242 e. The zero-order valence-electron chi connectivity index (χ0n) is 10.1. The highest BCUT2D eigenvalue weighted by atomic mass is 32.2. The molecule has 1 heterocycles. The fraction of sp³-hybridized carbons (Fsp3) is 0.583. The van der Waals surface area contributed by atoms with Crippen LogP contribution in [0.4, 0.5) is 0 Å². The number of nitrogens with one attached hydrogen (secondary N) is 1. The molecule has 0 radical (unpaired) electrons. The molecule has 1 unspecified atom stereocenters. The maximum Gasteiger partial charge on any atom is 0.242 e. The number of nitrogens with zero attached hydrogens (tertiary/aromatic N) is 1. The molecule has 0 amide bonds. The molecule has 0 saturated heterocycles. The molecule has 0 spiro atoms. The lowest BCUT2D eigenvalue weighted by Crippen LogP contribution is -2.35. The number of aliphatic hydroxyl groups excluding tert-OH is 1. The summed E-state index contributed by atoms with van der Waals surface area (Å²) in [6.07, 6.45) is 6.43. The molecule has 1 fully saturated rings. The van der Waals surface area contributed by atoms with Crippen LogP contribution in [-0.2, 0) is 10.0 Å². The molecule has 1 aliphatic carbocycles. The molecule has 6 heteroatoms. The molecule has 1 saturated carbocycles. The van der Waals surface area contributed by atoms with Gasteiger partial charge in [0.15, 0.2) is 0 Å². The normalized spacial score (nSPS) is 18.9. The van der Waals surface area contributed by atoms with Crippen molar-refractivity contribution in [2.24, 2.45) is 5.92 Å². The highest BCUT2D eigenvalue weighted by molar-refractivity contribution is 7.89. The van der Waals surface area contributed by atoms with Gasteiger partial charge in [-0.1, -0.05) is 12.8 Å². The molecule has 2 N–H and O–H groups in total. The van der Waals surface area contributed by atoms with Crippen LogP contribution in [0.5, 0.6) is 0 Å². The van der Waals surface area contributed by atoms with Crippen molar-refractivity contribution in [1.29, 1.82) is 0 Å². The van der Waals surface area contributed by atoms with Gasteiger partial charge in [0.2, 0.25) is 10.0 Å². The minimum Gasteiger partial charge on any atom is -0.391 e. The lowest BCUT2D eigenvalue weighted by atomic mass is 10.0. The highest BCUT2D eigenvalue weighted by Crippen LogP contribution is 2.27. The highest BCUT2D eigenvalue weighted by Gasteiger charge is 2.24. The molecule has 2 rings (SSSR count). The summed E-state index contributed by atoms with van der Waals surface area (Å²) >= 11 is 0. The van der Waals surface area contributed by atoms with E-state index in [1.54, 1.807) is 6.07 Å². The van der Waals surface area contributed by atoms with E-state index in [4.69, 9.17) is 0 Å². The van der Waals surface area contributed by atoms with Crippen molar-refractivity contribution >= 4 is 10.0 Å². The Kier molecular flexibility index (Phi) is 4.31. The summed E-state index contributed by atoms with van der Waals surface area (Å²) in [4.78, 5) is 3.90.